The van der Waals surface area contributed by atoms with Gasteiger partial charge in [-0.3, -0.25) is 0 Å². The van der Waals surface area contributed by atoms with E-state index >= 15 is 0 Å². The van der Waals surface area contributed by atoms with Crippen LogP contribution in [-0.2, 0) is 19.4 Å². The zero-order chi connectivity index (χ0) is 14.8. The van der Waals surface area contributed by atoms with Crippen molar-refractivity contribution in [2.75, 3.05) is 13.2 Å². The summed E-state index contributed by atoms with van der Waals surface area (Å²) in [4.78, 5) is 6.13. The summed E-state index contributed by atoms with van der Waals surface area (Å²) in [5.74, 6) is 0.932. The summed E-state index contributed by atoms with van der Waals surface area (Å²) < 4.78 is 5.90. The van der Waals surface area contributed by atoms with Gasteiger partial charge < -0.3 is 10.1 Å². The quantitative estimate of drug-likeness (QED) is 0.800. The Kier molecular flexibility index (Phi) is 3.79. The number of aromatic nitrogens is 1. The van der Waals surface area contributed by atoms with Crippen LogP contribution in [0.25, 0.3) is 10.8 Å². The average molecular weight is 310 g/mol. The topological polar surface area (TPSA) is 34.1 Å². The van der Waals surface area contributed by atoms with Crippen molar-refractivity contribution in [1.82, 2.24) is 10.3 Å². The van der Waals surface area contributed by atoms with Crippen molar-refractivity contribution in [3.05, 3.63) is 58.0 Å². The number of rotatable bonds is 4. The van der Waals surface area contributed by atoms with Gasteiger partial charge in [-0.1, -0.05) is 30.3 Å². The Hall–Kier alpha value is -1.91. The Morgan fingerprint density at radius 2 is 2.05 bits per heavy atom. The zero-order valence-electron chi connectivity index (χ0n) is 12.3. The van der Waals surface area contributed by atoms with Crippen LogP contribution in [0, 0.1) is 0 Å². The van der Waals surface area contributed by atoms with Crippen LogP contribution in [0.15, 0.2) is 42.5 Å². The maximum Gasteiger partial charge on any atom is 0.119 e. The Labute approximate surface area is 134 Å². The van der Waals surface area contributed by atoms with E-state index in [1.807, 2.05) is 17.4 Å². The molecule has 2 heterocycles. The fraction of sp³-hybridized carbons (Fsp3) is 0.278. The van der Waals surface area contributed by atoms with Gasteiger partial charge in [0.2, 0.25) is 0 Å². The molecule has 22 heavy (non-hydrogen) atoms. The second-order valence-electron chi connectivity index (χ2n) is 5.51. The number of benzene rings is 2. The standard InChI is InChI=1S/C18H18N2OS/c1-2-4-14-11-15(6-5-13(14)3-1)21-10-8-18-20-16-7-9-19-12-17(16)22-18/h1-6,11,19H,7-10,12H2. The highest BCUT2D eigenvalue weighted by molar-refractivity contribution is 7.11. The number of nitrogens with zero attached hydrogens (tertiary/aromatic N) is 1. The highest BCUT2D eigenvalue weighted by Gasteiger charge is 2.14. The summed E-state index contributed by atoms with van der Waals surface area (Å²) in [6.45, 7) is 2.69. The molecule has 0 atom stereocenters. The van der Waals surface area contributed by atoms with Gasteiger partial charge in [-0.15, -0.1) is 11.3 Å². The van der Waals surface area contributed by atoms with Gasteiger partial charge in [0.05, 0.1) is 17.3 Å². The SMILES string of the molecule is c1ccc2cc(OCCc3nc4c(s3)CNCC4)ccc2c1. The second kappa shape index (κ2) is 6.07. The van der Waals surface area contributed by atoms with Crippen LogP contribution in [0.3, 0.4) is 0 Å². The first-order valence-electron chi connectivity index (χ1n) is 7.68. The third-order valence-electron chi connectivity index (χ3n) is 3.95. The molecule has 1 aliphatic heterocycles. The number of hydrogen-bond acceptors (Lipinski definition) is 4. The lowest BCUT2D eigenvalue weighted by atomic mass is 10.1. The van der Waals surface area contributed by atoms with Crippen molar-refractivity contribution in [1.29, 1.82) is 0 Å². The molecule has 0 radical (unpaired) electrons. The first kappa shape index (κ1) is 13.7. The lowest BCUT2D eigenvalue weighted by molar-refractivity contribution is 0.322. The molecule has 3 nitrogen and oxygen atoms in total. The van der Waals surface area contributed by atoms with Crippen LogP contribution in [0.5, 0.6) is 5.75 Å². The van der Waals surface area contributed by atoms with Crippen molar-refractivity contribution in [3.63, 3.8) is 0 Å². The van der Waals surface area contributed by atoms with Crippen molar-refractivity contribution in [2.45, 2.75) is 19.4 Å². The second-order valence-corrected chi connectivity index (χ2v) is 6.68. The summed E-state index contributed by atoms with van der Waals surface area (Å²) >= 11 is 1.82. The minimum atomic E-state index is 0.679. The molecule has 0 amide bonds. The normalized spacial score (nSPS) is 14.0. The van der Waals surface area contributed by atoms with Crippen LogP contribution in [0.1, 0.15) is 15.6 Å². The van der Waals surface area contributed by atoms with E-state index in [9.17, 15) is 0 Å². The van der Waals surface area contributed by atoms with Crippen molar-refractivity contribution < 1.29 is 4.74 Å². The maximum absolute atomic E-state index is 5.90. The molecule has 4 heteroatoms. The fourth-order valence-electron chi connectivity index (χ4n) is 2.80. The van der Waals surface area contributed by atoms with E-state index in [1.54, 1.807) is 0 Å². The van der Waals surface area contributed by atoms with Gasteiger partial charge in [-0.2, -0.15) is 0 Å². The van der Waals surface area contributed by atoms with E-state index in [0.717, 1.165) is 31.7 Å². The van der Waals surface area contributed by atoms with Crippen LogP contribution in [-0.4, -0.2) is 18.1 Å². The summed E-state index contributed by atoms with van der Waals surface area (Å²) in [5.41, 5.74) is 1.28. The highest BCUT2D eigenvalue weighted by atomic mass is 32.1. The number of ether oxygens (including phenoxy) is 1. The molecule has 2 aromatic carbocycles. The Balaban J connectivity index is 1.40. The Bertz CT molecular complexity index is 773. The third-order valence-corrected chi connectivity index (χ3v) is 5.11. The lowest BCUT2D eigenvalue weighted by Crippen LogP contribution is -2.22. The van der Waals surface area contributed by atoms with E-state index in [0.29, 0.717) is 6.61 Å². The molecule has 0 saturated heterocycles. The largest absolute Gasteiger partial charge is 0.493 e. The van der Waals surface area contributed by atoms with Gasteiger partial charge in [0.25, 0.3) is 0 Å². The molecule has 0 bridgehead atoms. The number of nitrogens with one attached hydrogen (secondary N) is 1. The molecule has 0 spiro atoms. The van der Waals surface area contributed by atoms with Crippen molar-refractivity contribution in [2.24, 2.45) is 0 Å². The number of fused-ring (bicyclic) bond motifs is 2. The van der Waals surface area contributed by atoms with Gasteiger partial charge in [0.1, 0.15) is 5.75 Å². The predicted molar refractivity (Wildman–Crippen MR) is 90.7 cm³/mol. The van der Waals surface area contributed by atoms with E-state index in [4.69, 9.17) is 9.72 Å². The van der Waals surface area contributed by atoms with Gasteiger partial charge >= 0.3 is 0 Å². The monoisotopic (exact) mass is 310 g/mol. The van der Waals surface area contributed by atoms with Gasteiger partial charge in [0, 0.05) is 30.8 Å². The molecule has 112 valence electrons. The molecule has 0 unspecified atom stereocenters. The molecule has 1 aliphatic rings. The van der Waals surface area contributed by atoms with E-state index in [2.05, 4.69) is 41.7 Å². The van der Waals surface area contributed by atoms with E-state index in [-0.39, 0.29) is 0 Å². The summed E-state index contributed by atoms with van der Waals surface area (Å²) in [7, 11) is 0. The van der Waals surface area contributed by atoms with Gasteiger partial charge in [0.15, 0.2) is 0 Å². The van der Waals surface area contributed by atoms with E-state index in [1.165, 1.54) is 26.4 Å². The minimum absolute atomic E-state index is 0.679. The Morgan fingerprint density at radius 3 is 2.95 bits per heavy atom. The molecule has 3 aromatic rings. The summed E-state index contributed by atoms with van der Waals surface area (Å²) in [5, 5.41) is 7.05. The highest BCUT2D eigenvalue weighted by Crippen LogP contribution is 2.23. The molecule has 0 fully saturated rings. The molecule has 0 aliphatic carbocycles. The van der Waals surface area contributed by atoms with Gasteiger partial charge in [-0.25, -0.2) is 4.98 Å². The fourth-order valence-corrected chi connectivity index (χ4v) is 3.86. The number of hydrogen-bond donors (Lipinski definition) is 1. The molecule has 0 saturated carbocycles. The van der Waals surface area contributed by atoms with Gasteiger partial charge in [-0.05, 0) is 22.9 Å². The summed E-state index contributed by atoms with van der Waals surface area (Å²) in [6, 6.07) is 14.6. The molecule has 4 rings (SSSR count). The molecule has 1 aromatic heterocycles. The third kappa shape index (κ3) is 2.85. The van der Waals surface area contributed by atoms with Crippen LogP contribution < -0.4 is 10.1 Å². The number of thiazole rings is 1. The predicted octanol–water partition coefficient (Wildman–Crippen LogP) is 3.56. The van der Waals surface area contributed by atoms with Crippen LogP contribution in [0.2, 0.25) is 0 Å². The first-order chi connectivity index (χ1) is 10.9. The average Bonchev–Trinajstić information content (AvgIpc) is 2.97. The molecule has 1 N–H and O–H groups in total. The summed E-state index contributed by atoms with van der Waals surface area (Å²) in [6.07, 6.45) is 1.93. The van der Waals surface area contributed by atoms with Crippen molar-refractivity contribution in [3.8, 4) is 5.75 Å². The molecular formula is C18H18N2OS. The van der Waals surface area contributed by atoms with Crippen LogP contribution in [0.4, 0.5) is 0 Å². The zero-order valence-corrected chi connectivity index (χ0v) is 13.2. The van der Waals surface area contributed by atoms with Crippen molar-refractivity contribution >= 4 is 22.1 Å². The smallest absolute Gasteiger partial charge is 0.119 e. The minimum Gasteiger partial charge on any atom is -0.493 e. The van der Waals surface area contributed by atoms with E-state index < -0.39 is 0 Å². The van der Waals surface area contributed by atoms with Crippen LogP contribution >= 0.6 is 11.3 Å². The maximum atomic E-state index is 5.90. The molecular weight excluding hydrogens is 292 g/mol. The Morgan fingerprint density at radius 1 is 1.14 bits per heavy atom. The lowest BCUT2D eigenvalue weighted by Gasteiger charge is -2.09. The first-order valence-corrected chi connectivity index (χ1v) is 8.50.